The summed E-state index contributed by atoms with van der Waals surface area (Å²) in [6.07, 6.45) is 0.353. The largest absolute Gasteiger partial charge is 0.340 e. The molecule has 0 N–H and O–H groups in total. The van der Waals surface area contributed by atoms with Crippen molar-refractivity contribution in [3.05, 3.63) is 65.2 Å². The van der Waals surface area contributed by atoms with E-state index in [2.05, 4.69) is 35.2 Å². The molecule has 5 nitrogen and oxygen atoms in total. The van der Waals surface area contributed by atoms with E-state index in [1.807, 2.05) is 36.9 Å². The van der Waals surface area contributed by atoms with Gasteiger partial charge in [0.25, 0.3) is 0 Å². The van der Waals surface area contributed by atoms with Gasteiger partial charge in [-0.25, -0.2) is 0 Å². The average Bonchev–Trinajstić information content (AvgIpc) is 2.70. The maximum absolute atomic E-state index is 12.7. The quantitative estimate of drug-likeness (QED) is 0.756. The summed E-state index contributed by atoms with van der Waals surface area (Å²) >= 11 is 0. The van der Waals surface area contributed by atoms with E-state index in [-0.39, 0.29) is 11.8 Å². The summed E-state index contributed by atoms with van der Waals surface area (Å²) in [4.78, 5) is 30.9. The minimum atomic E-state index is -0.0302. The van der Waals surface area contributed by atoms with Gasteiger partial charge in [-0.3, -0.25) is 14.5 Å². The van der Waals surface area contributed by atoms with Crippen LogP contribution in [0.25, 0.3) is 0 Å². The minimum Gasteiger partial charge on any atom is -0.340 e. The average molecular weight is 394 g/mol. The van der Waals surface area contributed by atoms with Crippen LogP contribution in [0.4, 0.5) is 5.69 Å². The molecule has 2 aromatic carbocycles. The third-order valence-electron chi connectivity index (χ3n) is 5.55. The Hall–Kier alpha value is -2.66. The van der Waals surface area contributed by atoms with E-state index in [0.717, 1.165) is 44.0 Å². The SMILES string of the molecule is CC(=O)N(CCC(=O)N1CCN(Cc2ccccc2)CC1)c1ccc(C)cc1C. The fourth-order valence-electron chi connectivity index (χ4n) is 3.92. The second-order valence-corrected chi connectivity index (χ2v) is 7.85. The number of carbonyl (C=O) groups is 2. The minimum absolute atomic E-state index is 0.0302. The summed E-state index contributed by atoms with van der Waals surface area (Å²) in [5.41, 5.74) is 4.42. The summed E-state index contributed by atoms with van der Waals surface area (Å²) in [6, 6.07) is 16.5. The first-order chi connectivity index (χ1) is 13.9. The first-order valence-corrected chi connectivity index (χ1v) is 10.3. The molecule has 1 aliphatic rings. The predicted octanol–water partition coefficient (Wildman–Crippen LogP) is 3.39. The van der Waals surface area contributed by atoms with Gasteiger partial charge in [0.2, 0.25) is 11.8 Å². The van der Waals surface area contributed by atoms with Gasteiger partial charge in [-0.05, 0) is 31.0 Å². The van der Waals surface area contributed by atoms with E-state index in [0.29, 0.717) is 13.0 Å². The van der Waals surface area contributed by atoms with E-state index in [1.54, 1.807) is 11.8 Å². The van der Waals surface area contributed by atoms with Crippen molar-refractivity contribution >= 4 is 17.5 Å². The van der Waals surface area contributed by atoms with Crippen LogP contribution in [0.2, 0.25) is 0 Å². The highest BCUT2D eigenvalue weighted by molar-refractivity contribution is 5.93. The Morgan fingerprint density at radius 3 is 2.28 bits per heavy atom. The maximum atomic E-state index is 12.7. The van der Waals surface area contributed by atoms with E-state index < -0.39 is 0 Å². The van der Waals surface area contributed by atoms with E-state index in [9.17, 15) is 9.59 Å². The zero-order chi connectivity index (χ0) is 20.8. The third-order valence-corrected chi connectivity index (χ3v) is 5.55. The van der Waals surface area contributed by atoms with Crippen molar-refractivity contribution in [2.45, 2.75) is 33.7 Å². The summed E-state index contributed by atoms with van der Waals surface area (Å²) in [5, 5.41) is 0. The third kappa shape index (κ3) is 5.67. The smallest absolute Gasteiger partial charge is 0.224 e. The van der Waals surface area contributed by atoms with Gasteiger partial charge in [0.1, 0.15) is 0 Å². The number of hydrogen-bond acceptors (Lipinski definition) is 3. The highest BCUT2D eigenvalue weighted by Gasteiger charge is 2.22. The Morgan fingerprint density at radius 2 is 1.66 bits per heavy atom. The van der Waals surface area contributed by atoms with E-state index in [1.165, 1.54) is 11.1 Å². The molecule has 154 valence electrons. The Morgan fingerprint density at radius 1 is 0.966 bits per heavy atom. The monoisotopic (exact) mass is 393 g/mol. The lowest BCUT2D eigenvalue weighted by Crippen LogP contribution is -2.49. The van der Waals surface area contributed by atoms with Gasteiger partial charge in [-0.1, -0.05) is 48.0 Å². The van der Waals surface area contributed by atoms with Crippen LogP contribution in [-0.4, -0.2) is 54.3 Å². The van der Waals surface area contributed by atoms with Crippen molar-refractivity contribution in [3.8, 4) is 0 Å². The number of carbonyl (C=O) groups excluding carboxylic acids is 2. The number of amides is 2. The molecular weight excluding hydrogens is 362 g/mol. The Balaban J connectivity index is 1.51. The molecule has 0 aliphatic carbocycles. The van der Waals surface area contributed by atoms with Crippen molar-refractivity contribution in [1.82, 2.24) is 9.80 Å². The van der Waals surface area contributed by atoms with Crippen molar-refractivity contribution in [1.29, 1.82) is 0 Å². The second-order valence-electron chi connectivity index (χ2n) is 7.85. The van der Waals surface area contributed by atoms with Gasteiger partial charge in [0, 0.05) is 58.3 Å². The van der Waals surface area contributed by atoms with Gasteiger partial charge in [0.05, 0.1) is 0 Å². The molecule has 1 saturated heterocycles. The van der Waals surface area contributed by atoms with Crippen LogP contribution in [-0.2, 0) is 16.1 Å². The molecule has 0 bridgehead atoms. The van der Waals surface area contributed by atoms with Crippen LogP contribution in [0.3, 0.4) is 0 Å². The molecule has 0 unspecified atom stereocenters. The first kappa shape index (κ1) is 21.1. The summed E-state index contributed by atoms with van der Waals surface area (Å²) < 4.78 is 0. The molecule has 5 heteroatoms. The number of rotatable bonds is 6. The van der Waals surface area contributed by atoms with Gasteiger partial charge in [-0.2, -0.15) is 0 Å². The van der Waals surface area contributed by atoms with Crippen LogP contribution >= 0.6 is 0 Å². The van der Waals surface area contributed by atoms with Crippen LogP contribution < -0.4 is 4.90 Å². The van der Waals surface area contributed by atoms with E-state index in [4.69, 9.17) is 0 Å². The molecule has 0 spiro atoms. The molecule has 1 heterocycles. The standard InChI is InChI=1S/C24H31N3O2/c1-19-9-10-23(20(2)17-19)27(21(3)28)12-11-24(29)26-15-13-25(14-16-26)18-22-7-5-4-6-8-22/h4-10,17H,11-16,18H2,1-3H3. The second kappa shape index (κ2) is 9.70. The molecule has 2 amide bonds. The maximum Gasteiger partial charge on any atom is 0.224 e. The Kier molecular flexibility index (Phi) is 7.04. The summed E-state index contributed by atoms with van der Waals surface area (Å²) in [6.45, 7) is 10.2. The number of nitrogens with zero attached hydrogens (tertiary/aromatic N) is 3. The van der Waals surface area contributed by atoms with Crippen molar-refractivity contribution in [3.63, 3.8) is 0 Å². The number of benzene rings is 2. The highest BCUT2D eigenvalue weighted by Crippen LogP contribution is 2.22. The lowest BCUT2D eigenvalue weighted by molar-refractivity contribution is -0.132. The molecule has 1 fully saturated rings. The number of aryl methyl sites for hydroxylation is 2. The normalized spacial score (nSPS) is 14.7. The fourth-order valence-corrected chi connectivity index (χ4v) is 3.92. The molecule has 3 rings (SSSR count). The molecule has 2 aromatic rings. The zero-order valence-electron chi connectivity index (χ0n) is 17.7. The van der Waals surface area contributed by atoms with Gasteiger partial charge >= 0.3 is 0 Å². The molecule has 29 heavy (non-hydrogen) atoms. The molecule has 1 aliphatic heterocycles. The number of hydrogen-bond donors (Lipinski definition) is 0. The number of piperazine rings is 1. The molecule has 0 atom stereocenters. The van der Waals surface area contributed by atoms with Crippen LogP contribution in [0.1, 0.15) is 30.0 Å². The molecule has 0 aromatic heterocycles. The lowest BCUT2D eigenvalue weighted by Gasteiger charge is -2.35. The highest BCUT2D eigenvalue weighted by atomic mass is 16.2. The number of anilines is 1. The fraction of sp³-hybridized carbons (Fsp3) is 0.417. The first-order valence-electron chi connectivity index (χ1n) is 10.3. The Bertz CT molecular complexity index is 842. The van der Waals surface area contributed by atoms with Crippen molar-refractivity contribution in [2.24, 2.45) is 0 Å². The van der Waals surface area contributed by atoms with Gasteiger partial charge in [0.15, 0.2) is 0 Å². The van der Waals surface area contributed by atoms with Crippen LogP contribution in [0.5, 0.6) is 0 Å². The predicted molar refractivity (Wildman–Crippen MR) is 117 cm³/mol. The van der Waals surface area contributed by atoms with Crippen molar-refractivity contribution in [2.75, 3.05) is 37.6 Å². The van der Waals surface area contributed by atoms with Crippen molar-refractivity contribution < 1.29 is 9.59 Å². The van der Waals surface area contributed by atoms with E-state index >= 15 is 0 Å². The molecule has 0 saturated carbocycles. The zero-order valence-corrected chi connectivity index (χ0v) is 17.7. The molecule has 0 radical (unpaired) electrons. The van der Waals surface area contributed by atoms with Gasteiger partial charge in [-0.15, -0.1) is 0 Å². The summed E-state index contributed by atoms with van der Waals surface area (Å²) in [5.74, 6) is 0.0952. The lowest BCUT2D eigenvalue weighted by atomic mass is 10.1. The molecular formula is C24H31N3O2. The van der Waals surface area contributed by atoms with Crippen LogP contribution in [0.15, 0.2) is 48.5 Å². The Labute approximate surface area is 173 Å². The van der Waals surface area contributed by atoms with Crippen LogP contribution in [0, 0.1) is 13.8 Å². The summed E-state index contributed by atoms with van der Waals surface area (Å²) in [7, 11) is 0. The topological polar surface area (TPSA) is 43.9 Å². The van der Waals surface area contributed by atoms with Gasteiger partial charge < -0.3 is 9.80 Å².